The number of rotatable bonds is 5. The van der Waals surface area contributed by atoms with Gasteiger partial charge in [0, 0.05) is 0 Å². The Bertz CT molecular complexity index is 510. The van der Waals surface area contributed by atoms with Gasteiger partial charge in [0.05, 0.1) is 26.6 Å². The van der Waals surface area contributed by atoms with Crippen molar-refractivity contribution in [3.8, 4) is 11.5 Å². The third-order valence-corrected chi connectivity index (χ3v) is 3.09. The van der Waals surface area contributed by atoms with Crippen molar-refractivity contribution in [3.05, 3.63) is 23.8 Å². The minimum Gasteiger partial charge on any atom is -0.469 e. The maximum absolute atomic E-state index is 11.7. The van der Waals surface area contributed by atoms with Crippen LogP contribution in [-0.4, -0.2) is 33.0 Å². The van der Waals surface area contributed by atoms with E-state index >= 15 is 0 Å². The van der Waals surface area contributed by atoms with Gasteiger partial charge in [-0.2, -0.15) is 0 Å². The number of hydrogen-bond acceptors (Lipinski definition) is 6. The SMILES string of the molecule is COC(=O)CC(Cc1ccc2c(c1)OCO2)C(=O)OC. The second-order valence-electron chi connectivity index (χ2n) is 4.39. The van der Waals surface area contributed by atoms with E-state index < -0.39 is 17.9 Å². The molecule has 0 radical (unpaired) electrons. The highest BCUT2D eigenvalue weighted by Gasteiger charge is 2.24. The van der Waals surface area contributed by atoms with Crippen LogP contribution in [0.5, 0.6) is 11.5 Å². The lowest BCUT2D eigenvalue weighted by Gasteiger charge is -2.13. The van der Waals surface area contributed by atoms with Gasteiger partial charge >= 0.3 is 11.9 Å². The fourth-order valence-corrected chi connectivity index (χ4v) is 2.04. The number of ether oxygens (including phenoxy) is 4. The van der Waals surface area contributed by atoms with E-state index in [9.17, 15) is 9.59 Å². The molecule has 0 spiro atoms. The average Bonchev–Trinajstić information content (AvgIpc) is 2.93. The fourth-order valence-electron chi connectivity index (χ4n) is 2.04. The van der Waals surface area contributed by atoms with Crippen molar-refractivity contribution in [2.45, 2.75) is 12.8 Å². The first-order valence-corrected chi connectivity index (χ1v) is 6.17. The monoisotopic (exact) mass is 280 g/mol. The van der Waals surface area contributed by atoms with Crippen LogP contribution in [0.15, 0.2) is 18.2 Å². The van der Waals surface area contributed by atoms with E-state index in [1.807, 2.05) is 6.07 Å². The van der Waals surface area contributed by atoms with Gasteiger partial charge in [0.15, 0.2) is 11.5 Å². The van der Waals surface area contributed by atoms with Crippen molar-refractivity contribution in [2.24, 2.45) is 5.92 Å². The molecule has 1 atom stereocenters. The van der Waals surface area contributed by atoms with Crippen LogP contribution in [0.4, 0.5) is 0 Å². The number of esters is 2. The van der Waals surface area contributed by atoms with Gasteiger partial charge in [0.2, 0.25) is 6.79 Å². The van der Waals surface area contributed by atoms with Crippen molar-refractivity contribution in [1.29, 1.82) is 0 Å². The summed E-state index contributed by atoms with van der Waals surface area (Å²) in [6, 6.07) is 5.42. The summed E-state index contributed by atoms with van der Waals surface area (Å²) in [5.41, 5.74) is 0.869. The second kappa shape index (κ2) is 6.27. The number of carbonyl (C=O) groups is 2. The van der Waals surface area contributed by atoms with Crippen LogP contribution in [0.25, 0.3) is 0 Å². The largest absolute Gasteiger partial charge is 0.469 e. The lowest BCUT2D eigenvalue weighted by atomic mass is 9.96. The van der Waals surface area contributed by atoms with E-state index in [1.54, 1.807) is 12.1 Å². The Morgan fingerprint density at radius 2 is 1.95 bits per heavy atom. The quantitative estimate of drug-likeness (QED) is 0.757. The average molecular weight is 280 g/mol. The molecule has 1 unspecified atom stereocenters. The molecular weight excluding hydrogens is 264 g/mol. The van der Waals surface area contributed by atoms with Crippen LogP contribution >= 0.6 is 0 Å². The van der Waals surface area contributed by atoms with Gasteiger partial charge in [-0.1, -0.05) is 6.07 Å². The Balaban J connectivity index is 2.10. The zero-order valence-electron chi connectivity index (χ0n) is 11.4. The number of fused-ring (bicyclic) bond motifs is 1. The zero-order chi connectivity index (χ0) is 14.5. The van der Waals surface area contributed by atoms with Crippen LogP contribution < -0.4 is 9.47 Å². The van der Waals surface area contributed by atoms with Crippen molar-refractivity contribution in [2.75, 3.05) is 21.0 Å². The van der Waals surface area contributed by atoms with Gasteiger partial charge in [-0.15, -0.1) is 0 Å². The summed E-state index contributed by atoms with van der Waals surface area (Å²) >= 11 is 0. The predicted molar refractivity (Wildman–Crippen MR) is 68.4 cm³/mol. The molecule has 0 aliphatic carbocycles. The highest BCUT2D eigenvalue weighted by Crippen LogP contribution is 2.33. The Hall–Kier alpha value is -2.24. The van der Waals surface area contributed by atoms with E-state index in [0.717, 1.165) is 5.56 Å². The summed E-state index contributed by atoms with van der Waals surface area (Å²) in [7, 11) is 2.59. The maximum Gasteiger partial charge on any atom is 0.309 e. The molecule has 108 valence electrons. The number of hydrogen-bond donors (Lipinski definition) is 0. The lowest BCUT2D eigenvalue weighted by molar-refractivity contribution is -0.151. The van der Waals surface area contributed by atoms with Gasteiger partial charge in [-0.3, -0.25) is 9.59 Å². The molecule has 0 aromatic heterocycles. The summed E-state index contributed by atoms with van der Waals surface area (Å²) < 4.78 is 19.8. The van der Waals surface area contributed by atoms with Crippen LogP contribution in [-0.2, 0) is 25.5 Å². The molecular formula is C14H16O6. The van der Waals surface area contributed by atoms with Gasteiger partial charge in [0.1, 0.15) is 0 Å². The minimum absolute atomic E-state index is 0.0163. The fraction of sp³-hybridized carbons (Fsp3) is 0.429. The molecule has 0 fully saturated rings. The molecule has 2 rings (SSSR count). The van der Waals surface area contributed by atoms with Crippen molar-refractivity contribution < 1.29 is 28.5 Å². The Kier molecular flexibility index (Phi) is 4.45. The smallest absolute Gasteiger partial charge is 0.309 e. The maximum atomic E-state index is 11.7. The molecule has 1 aromatic carbocycles. The van der Waals surface area contributed by atoms with E-state index in [1.165, 1.54) is 14.2 Å². The van der Waals surface area contributed by atoms with Crippen LogP contribution in [0.1, 0.15) is 12.0 Å². The second-order valence-corrected chi connectivity index (χ2v) is 4.39. The first-order valence-electron chi connectivity index (χ1n) is 6.17. The highest BCUT2D eigenvalue weighted by atomic mass is 16.7. The molecule has 1 heterocycles. The topological polar surface area (TPSA) is 71.1 Å². The summed E-state index contributed by atoms with van der Waals surface area (Å²) in [4.78, 5) is 23.1. The molecule has 1 aliphatic rings. The Morgan fingerprint density at radius 1 is 1.20 bits per heavy atom. The molecule has 0 amide bonds. The predicted octanol–water partition coefficient (Wildman–Crippen LogP) is 1.31. The standard InChI is InChI=1S/C14H16O6/c1-17-13(15)7-10(14(16)18-2)5-9-3-4-11-12(6-9)20-8-19-11/h3-4,6,10H,5,7-8H2,1-2H3. The first kappa shape index (κ1) is 14.2. The van der Waals surface area contributed by atoms with E-state index in [2.05, 4.69) is 4.74 Å². The summed E-state index contributed by atoms with van der Waals surface area (Å²) in [6.07, 6.45) is 0.357. The molecule has 0 N–H and O–H groups in total. The minimum atomic E-state index is -0.576. The first-order chi connectivity index (χ1) is 9.63. The number of methoxy groups -OCH3 is 2. The summed E-state index contributed by atoms with van der Waals surface area (Å²) in [6.45, 7) is 0.196. The molecule has 20 heavy (non-hydrogen) atoms. The van der Waals surface area contributed by atoms with Crippen molar-refractivity contribution in [3.63, 3.8) is 0 Å². The van der Waals surface area contributed by atoms with Crippen molar-refractivity contribution in [1.82, 2.24) is 0 Å². The van der Waals surface area contributed by atoms with Crippen LogP contribution in [0, 0.1) is 5.92 Å². The van der Waals surface area contributed by atoms with Crippen molar-refractivity contribution >= 4 is 11.9 Å². The molecule has 1 aliphatic heterocycles. The third-order valence-electron chi connectivity index (χ3n) is 3.09. The number of carbonyl (C=O) groups excluding carboxylic acids is 2. The van der Waals surface area contributed by atoms with Gasteiger partial charge in [-0.05, 0) is 24.1 Å². The van der Waals surface area contributed by atoms with E-state index in [4.69, 9.17) is 14.2 Å². The molecule has 0 saturated heterocycles. The van der Waals surface area contributed by atoms with Crippen LogP contribution in [0.3, 0.4) is 0 Å². The molecule has 0 bridgehead atoms. The summed E-state index contributed by atoms with van der Waals surface area (Å²) in [5.74, 6) is -0.137. The molecule has 6 nitrogen and oxygen atoms in total. The van der Waals surface area contributed by atoms with E-state index in [0.29, 0.717) is 17.9 Å². The third kappa shape index (κ3) is 3.20. The molecule has 1 aromatic rings. The normalized spacial score (nSPS) is 13.7. The highest BCUT2D eigenvalue weighted by molar-refractivity contribution is 5.80. The van der Waals surface area contributed by atoms with Gasteiger partial charge in [-0.25, -0.2) is 0 Å². The Morgan fingerprint density at radius 3 is 2.65 bits per heavy atom. The Labute approximate surface area is 116 Å². The lowest BCUT2D eigenvalue weighted by Crippen LogP contribution is -2.22. The van der Waals surface area contributed by atoms with Crippen LogP contribution in [0.2, 0.25) is 0 Å². The number of benzene rings is 1. The van der Waals surface area contributed by atoms with Gasteiger partial charge < -0.3 is 18.9 Å². The van der Waals surface area contributed by atoms with Gasteiger partial charge in [0.25, 0.3) is 0 Å². The molecule has 6 heteroatoms. The zero-order valence-corrected chi connectivity index (χ0v) is 11.4. The van der Waals surface area contributed by atoms with E-state index in [-0.39, 0.29) is 13.2 Å². The summed E-state index contributed by atoms with van der Waals surface area (Å²) in [5, 5.41) is 0. The molecule has 0 saturated carbocycles.